The summed E-state index contributed by atoms with van der Waals surface area (Å²) >= 11 is 1.71. The Morgan fingerprint density at radius 2 is 1.81 bits per heavy atom. The monoisotopic (exact) mass is 314 g/mol. The molecule has 1 aliphatic rings. The molecule has 1 heterocycles. The first-order valence-electron chi connectivity index (χ1n) is 6.85. The van der Waals surface area contributed by atoms with Crippen molar-refractivity contribution in [3.63, 3.8) is 0 Å². The second-order valence-electron chi connectivity index (χ2n) is 4.60. The van der Waals surface area contributed by atoms with Crippen LogP contribution in [0.25, 0.3) is 0 Å². The third-order valence-electron chi connectivity index (χ3n) is 3.24. The first-order valence-corrected chi connectivity index (χ1v) is 8.89. The van der Waals surface area contributed by atoms with Gasteiger partial charge in [-0.1, -0.05) is 48.2 Å². The van der Waals surface area contributed by atoms with Crippen molar-refractivity contribution in [3.8, 4) is 0 Å². The summed E-state index contributed by atoms with van der Waals surface area (Å²) in [5.74, 6) is 0. The van der Waals surface area contributed by atoms with Gasteiger partial charge >= 0.3 is 0 Å². The van der Waals surface area contributed by atoms with Crippen LogP contribution in [0.15, 0.2) is 73.6 Å². The van der Waals surface area contributed by atoms with Crippen molar-refractivity contribution in [2.45, 2.75) is 25.7 Å². The van der Waals surface area contributed by atoms with Crippen LogP contribution in [0.3, 0.4) is 0 Å². The van der Waals surface area contributed by atoms with Gasteiger partial charge in [-0.3, -0.25) is 0 Å². The maximum Gasteiger partial charge on any atom is 0.197 e. The quantitative estimate of drug-likeness (QED) is 0.572. The van der Waals surface area contributed by atoms with Crippen molar-refractivity contribution in [3.05, 3.63) is 74.3 Å². The van der Waals surface area contributed by atoms with Gasteiger partial charge < -0.3 is 5.41 Å². The van der Waals surface area contributed by atoms with Crippen LogP contribution >= 0.6 is 11.8 Å². The molecule has 0 fully saturated rings. The van der Waals surface area contributed by atoms with Gasteiger partial charge in [0.2, 0.25) is 0 Å². The topological polar surface area (TPSA) is 23.9 Å². The SMILES string of the molecule is C=CC1=C(C=N)[S+](c2ccc(C)cc2)C(=C/C)/C(=C\C)S1. The van der Waals surface area contributed by atoms with Crippen LogP contribution in [-0.2, 0) is 10.9 Å². The van der Waals surface area contributed by atoms with Crippen molar-refractivity contribution >= 4 is 28.9 Å². The molecule has 1 atom stereocenters. The van der Waals surface area contributed by atoms with Gasteiger partial charge in [-0.25, -0.2) is 0 Å². The van der Waals surface area contributed by atoms with Crippen LogP contribution in [0, 0.1) is 12.3 Å². The fraction of sp³-hybridized carbons (Fsp3) is 0.167. The Hall–Kier alpha value is -1.45. The minimum atomic E-state index is -0.215. The van der Waals surface area contributed by atoms with Gasteiger partial charge in [0.15, 0.2) is 14.7 Å². The summed E-state index contributed by atoms with van der Waals surface area (Å²) in [6, 6.07) is 8.63. The highest BCUT2D eigenvalue weighted by Gasteiger charge is 2.40. The summed E-state index contributed by atoms with van der Waals surface area (Å²) in [6.07, 6.45) is 7.69. The Bertz CT molecular complexity index is 648. The number of allylic oxidation sites excluding steroid dienone is 4. The summed E-state index contributed by atoms with van der Waals surface area (Å²) < 4.78 is 0. The zero-order valence-electron chi connectivity index (χ0n) is 12.6. The van der Waals surface area contributed by atoms with E-state index in [1.807, 2.05) is 6.08 Å². The van der Waals surface area contributed by atoms with E-state index in [0.717, 1.165) is 9.81 Å². The van der Waals surface area contributed by atoms with Crippen LogP contribution in [-0.4, -0.2) is 6.21 Å². The highest BCUT2D eigenvalue weighted by Crippen LogP contribution is 2.47. The van der Waals surface area contributed by atoms with E-state index in [-0.39, 0.29) is 10.9 Å². The van der Waals surface area contributed by atoms with Gasteiger partial charge in [-0.2, -0.15) is 0 Å². The largest absolute Gasteiger partial charge is 0.303 e. The van der Waals surface area contributed by atoms with Crippen LogP contribution in [0.4, 0.5) is 0 Å². The highest BCUT2D eigenvalue weighted by atomic mass is 32.2. The van der Waals surface area contributed by atoms with E-state index in [2.05, 4.69) is 63.8 Å². The van der Waals surface area contributed by atoms with Crippen LogP contribution in [0.1, 0.15) is 19.4 Å². The minimum Gasteiger partial charge on any atom is -0.303 e. The Morgan fingerprint density at radius 3 is 2.29 bits per heavy atom. The Morgan fingerprint density at radius 1 is 1.14 bits per heavy atom. The maximum atomic E-state index is 7.86. The number of aryl methyl sites for hydroxylation is 1. The van der Waals surface area contributed by atoms with Gasteiger partial charge in [-0.15, -0.1) is 0 Å². The standard InChI is InChI=1S/C18H20NS2/c1-5-15-17(7-3)21(14-10-8-13(4)9-11-14)18(12-19)16(6-2)20-15/h5-12,19H,2H2,1,3-4H3/q+1/b15-5+,17-7+,19-12?. The first-order chi connectivity index (χ1) is 10.2. The van der Waals surface area contributed by atoms with Gasteiger partial charge in [0.05, 0.1) is 16.0 Å². The van der Waals surface area contributed by atoms with Gasteiger partial charge in [-0.05, 0) is 39.0 Å². The molecule has 2 rings (SSSR count). The molecule has 21 heavy (non-hydrogen) atoms. The van der Waals surface area contributed by atoms with Crippen molar-refractivity contribution in [2.75, 3.05) is 0 Å². The lowest BCUT2D eigenvalue weighted by Gasteiger charge is -2.20. The van der Waals surface area contributed by atoms with Gasteiger partial charge in [0.1, 0.15) is 10.9 Å². The van der Waals surface area contributed by atoms with E-state index in [1.165, 1.54) is 26.5 Å². The molecule has 3 heteroatoms. The summed E-state index contributed by atoms with van der Waals surface area (Å²) in [6.45, 7) is 10.2. The van der Waals surface area contributed by atoms with Crippen molar-refractivity contribution in [1.82, 2.24) is 0 Å². The molecule has 1 aromatic carbocycles. The number of thioether (sulfide) groups is 1. The molecule has 0 bridgehead atoms. The molecule has 108 valence electrons. The summed E-state index contributed by atoms with van der Waals surface area (Å²) in [7, 11) is -0.215. The molecule has 1 N–H and O–H groups in total. The Labute approximate surface area is 134 Å². The normalized spacial score (nSPS) is 22.7. The fourth-order valence-corrected chi connectivity index (χ4v) is 5.88. The van der Waals surface area contributed by atoms with E-state index in [0.29, 0.717) is 0 Å². The molecule has 1 unspecified atom stereocenters. The van der Waals surface area contributed by atoms with Crippen molar-refractivity contribution in [2.24, 2.45) is 0 Å². The molecular formula is C18H20NS2+. The van der Waals surface area contributed by atoms with Crippen molar-refractivity contribution in [1.29, 1.82) is 5.41 Å². The van der Waals surface area contributed by atoms with Crippen LogP contribution in [0.5, 0.6) is 0 Å². The summed E-state index contributed by atoms with van der Waals surface area (Å²) in [4.78, 5) is 5.97. The molecule has 1 nitrogen and oxygen atoms in total. The predicted molar refractivity (Wildman–Crippen MR) is 97.9 cm³/mol. The van der Waals surface area contributed by atoms with E-state index < -0.39 is 0 Å². The van der Waals surface area contributed by atoms with Gasteiger partial charge in [0, 0.05) is 0 Å². The second kappa shape index (κ2) is 7.01. The number of hydrogen-bond donors (Lipinski definition) is 1. The molecule has 1 aliphatic heterocycles. The average Bonchev–Trinajstić information content (AvgIpc) is 2.53. The third-order valence-corrected chi connectivity index (χ3v) is 7.20. The van der Waals surface area contributed by atoms with Crippen LogP contribution < -0.4 is 0 Å². The lowest BCUT2D eigenvalue weighted by molar-refractivity contribution is 1.37. The third kappa shape index (κ3) is 3.09. The van der Waals surface area contributed by atoms with Crippen molar-refractivity contribution < 1.29 is 0 Å². The fourth-order valence-electron chi connectivity index (χ4n) is 2.20. The van der Waals surface area contributed by atoms with Crippen LogP contribution in [0.2, 0.25) is 0 Å². The highest BCUT2D eigenvalue weighted by molar-refractivity contribution is 8.14. The lowest BCUT2D eigenvalue weighted by atomic mass is 10.2. The Kier molecular flexibility index (Phi) is 5.32. The molecule has 0 spiro atoms. The Balaban J connectivity index is 2.68. The average molecular weight is 314 g/mol. The maximum absolute atomic E-state index is 7.86. The zero-order valence-corrected chi connectivity index (χ0v) is 14.3. The molecule has 0 saturated carbocycles. The zero-order chi connectivity index (χ0) is 15.4. The smallest absolute Gasteiger partial charge is 0.197 e. The lowest BCUT2D eigenvalue weighted by Crippen LogP contribution is -2.16. The number of nitrogens with one attached hydrogen (secondary N) is 1. The van der Waals surface area contributed by atoms with Gasteiger partial charge in [0.25, 0.3) is 0 Å². The number of hydrogen-bond acceptors (Lipinski definition) is 2. The van der Waals surface area contributed by atoms with E-state index in [1.54, 1.807) is 11.8 Å². The molecule has 0 amide bonds. The first kappa shape index (κ1) is 15.9. The number of rotatable bonds is 3. The summed E-state index contributed by atoms with van der Waals surface area (Å²) in [5.41, 5.74) is 1.26. The molecule has 0 radical (unpaired) electrons. The minimum absolute atomic E-state index is 0.215. The molecule has 0 aliphatic carbocycles. The number of benzene rings is 1. The van der Waals surface area contributed by atoms with E-state index in [4.69, 9.17) is 5.41 Å². The van der Waals surface area contributed by atoms with E-state index in [9.17, 15) is 0 Å². The second-order valence-corrected chi connectivity index (χ2v) is 7.65. The molecule has 1 aromatic rings. The van der Waals surface area contributed by atoms with E-state index >= 15 is 0 Å². The molecular weight excluding hydrogens is 294 g/mol. The predicted octanol–water partition coefficient (Wildman–Crippen LogP) is 5.57. The molecule has 0 saturated heterocycles. The summed E-state index contributed by atoms with van der Waals surface area (Å²) in [5, 5.41) is 7.86. The molecule has 0 aromatic heterocycles.